The van der Waals surface area contributed by atoms with Gasteiger partial charge in [-0.05, 0) is 68.4 Å². The minimum absolute atomic E-state index is 0.142. The number of benzene rings is 2. The minimum atomic E-state index is -0.154. The van der Waals surface area contributed by atoms with E-state index in [1.807, 2.05) is 44.2 Å². The molecule has 0 N–H and O–H groups in total. The van der Waals surface area contributed by atoms with Crippen LogP contribution in [0.2, 0.25) is 0 Å². The van der Waals surface area contributed by atoms with Crippen molar-refractivity contribution in [2.24, 2.45) is 4.99 Å². The Bertz CT molecular complexity index is 957. The highest BCUT2D eigenvalue weighted by Crippen LogP contribution is 2.31. The van der Waals surface area contributed by atoms with E-state index in [9.17, 15) is 4.79 Å². The third-order valence-electron chi connectivity index (χ3n) is 5.11. The van der Waals surface area contributed by atoms with E-state index < -0.39 is 0 Å². The molecule has 1 fully saturated rings. The zero-order chi connectivity index (χ0) is 21.1. The zero-order valence-corrected chi connectivity index (χ0v) is 18.5. The van der Waals surface area contributed by atoms with Crippen molar-refractivity contribution in [2.75, 3.05) is 31.1 Å². The standard InChI is InChI=1S/C24H27N3O2S/c1-17(2)29-21-10-6-19(7-11-21)16-22-23(28)25-24(30-22)27-14-12-26(13-15-27)20-8-4-18(3)5-9-20/h4-11,16-17H,12-15H2,1-3H3. The molecule has 0 unspecified atom stereocenters. The topological polar surface area (TPSA) is 45.1 Å². The lowest BCUT2D eigenvalue weighted by atomic mass is 10.2. The lowest BCUT2D eigenvalue weighted by molar-refractivity contribution is -0.113. The Morgan fingerprint density at radius 3 is 2.23 bits per heavy atom. The number of ether oxygens (including phenoxy) is 1. The zero-order valence-electron chi connectivity index (χ0n) is 17.7. The first-order valence-electron chi connectivity index (χ1n) is 10.3. The molecule has 6 heteroatoms. The van der Waals surface area contributed by atoms with Crippen molar-refractivity contribution in [3.05, 3.63) is 64.6 Å². The van der Waals surface area contributed by atoms with Gasteiger partial charge in [-0.3, -0.25) is 4.79 Å². The second-order valence-corrected chi connectivity index (χ2v) is 8.86. The summed E-state index contributed by atoms with van der Waals surface area (Å²) in [5.74, 6) is 0.680. The molecule has 4 rings (SSSR count). The van der Waals surface area contributed by atoms with E-state index >= 15 is 0 Å². The molecule has 0 radical (unpaired) electrons. The molecule has 2 heterocycles. The van der Waals surface area contributed by atoms with E-state index in [0.29, 0.717) is 4.91 Å². The molecule has 0 bridgehead atoms. The van der Waals surface area contributed by atoms with Crippen molar-refractivity contribution < 1.29 is 9.53 Å². The Labute approximate surface area is 182 Å². The fraction of sp³-hybridized carbons (Fsp3) is 0.333. The summed E-state index contributed by atoms with van der Waals surface area (Å²) in [7, 11) is 0. The molecule has 2 aliphatic heterocycles. The van der Waals surface area contributed by atoms with E-state index in [-0.39, 0.29) is 12.0 Å². The van der Waals surface area contributed by atoms with Gasteiger partial charge in [-0.15, -0.1) is 0 Å². The number of nitrogens with zero attached hydrogens (tertiary/aromatic N) is 3. The Hall–Kier alpha value is -2.73. The van der Waals surface area contributed by atoms with Crippen LogP contribution >= 0.6 is 11.8 Å². The molecule has 5 nitrogen and oxygen atoms in total. The number of rotatable bonds is 4. The van der Waals surface area contributed by atoms with Gasteiger partial charge in [0.2, 0.25) is 0 Å². The van der Waals surface area contributed by atoms with Crippen LogP contribution < -0.4 is 9.64 Å². The van der Waals surface area contributed by atoms with Crippen molar-refractivity contribution in [1.29, 1.82) is 0 Å². The Morgan fingerprint density at radius 1 is 0.967 bits per heavy atom. The van der Waals surface area contributed by atoms with Crippen molar-refractivity contribution in [3.8, 4) is 5.75 Å². The summed E-state index contributed by atoms with van der Waals surface area (Å²) in [4.78, 5) is 22.0. The van der Waals surface area contributed by atoms with Crippen molar-refractivity contribution >= 4 is 34.6 Å². The molecule has 0 spiro atoms. The fourth-order valence-corrected chi connectivity index (χ4v) is 4.48. The van der Waals surface area contributed by atoms with Gasteiger partial charge in [-0.25, -0.2) is 0 Å². The molecular formula is C24H27N3O2S. The predicted molar refractivity (Wildman–Crippen MR) is 125 cm³/mol. The van der Waals surface area contributed by atoms with Crippen molar-refractivity contribution in [3.63, 3.8) is 0 Å². The third kappa shape index (κ3) is 4.87. The normalized spacial score (nSPS) is 18.3. The number of aryl methyl sites for hydroxylation is 1. The third-order valence-corrected chi connectivity index (χ3v) is 6.15. The quantitative estimate of drug-likeness (QED) is 0.677. The molecule has 2 aromatic rings. The van der Waals surface area contributed by atoms with Gasteiger partial charge in [0.1, 0.15) is 5.75 Å². The van der Waals surface area contributed by atoms with Gasteiger partial charge in [-0.2, -0.15) is 4.99 Å². The number of piperazine rings is 1. The average Bonchev–Trinajstić information content (AvgIpc) is 3.10. The smallest absolute Gasteiger partial charge is 0.286 e. The molecule has 0 saturated carbocycles. The predicted octanol–water partition coefficient (Wildman–Crippen LogP) is 4.57. The monoisotopic (exact) mass is 421 g/mol. The lowest BCUT2D eigenvalue weighted by Crippen LogP contribution is -2.47. The molecule has 0 aromatic heterocycles. The first-order valence-corrected chi connectivity index (χ1v) is 11.2. The van der Waals surface area contributed by atoms with Crippen LogP contribution in [0, 0.1) is 6.92 Å². The van der Waals surface area contributed by atoms with Crippen LogP contribution in [0.15, 0.2) is 58.4 Å². The van der Waals surface area contributed by atoms with Crippen LogP contribution in [0.5, 0.6) is 5.75 Å². The van der Waals surface area contributed by atoms with Crippen molar-refractivity contribution in [1.82, 2.24) is 4.90 Å². The summed E-state index contributed by atoms with van der Waals surface area (Å²) >= 11 is 1.47. The molecule has 0 aliphatic carbocycles. The largest absolute Gasteiger partial charge is 0.491 e. The van der Waals surface area contributed by atoms with Crippen LogP contribution in [-0.2, 0) is 4.79 Å². The Kier molecular flexibility index (Phi) is 6.13. The summed E-state index contributed by atoms with van der Waals surface area (Å²) in [6.07, 6.45) is 2.05. The molecule has 2 aromatic carbocycles. The number of hydrogen-bond donors (Lipinski definition) is 0. The van der Waals surface area contributed by atoms with E-state index in [0.717, 1.165) is 42.7 Å². The number of anilines is 1. The van der Waals surface area contributed by atoms with Crippen LogP contribution in [0.1, 0.15) is 25.0 Å². The maximum Gasteiger partial charge on any atom is 0.286 e. The molecule has 0 atom stereocenters. The van der Waals surface area contributed by atoms with E-state index in [1.54, 1.807) is 0 Å². The fourth-order valence-electron chi connectivity index (χ4n) is 3.51. The number of thioether (sulfide) groups is 1. The van der Waals surface area contributed by atoms with E-state index in [1.165, 1.54) is 23.0 Å². The maximum absolute atomic E-state index is 12.4. The molecule has 2 aliphatic rings. The Morgan fingerprint density at radius 2 is 1.60 bits per heavy atom. The van der Waals surface area contributed by atoms with Gasteiger partial charge in [0.05, 0.1) is 11.0 Å². The van der Waals surface area contributed by atoms with Crippen LogP contribution in [0.25, 0.3) is 6.08 Å². The number of aliphatic imine (C=N–C) groups is 1. The first kappa shape index (κ1) is 20.5. The first-order chi connectivity index (χ1) is 14.5. The van der Waals surface area contributed by atoms with Crippen molar-refractivity contribution in [2.45, 2.75) is 26.9 Å². The van der Waals surface area contributed by atoms with Gasteiger partial charge in [0.15, 0.2) is 5.17 Å². The molecule has 30 heavy (non-hydrogen) atoms. The summed E-state index contributed by atoms with van der Waals surface area (Å²) in [5, 5.41) is 0.814. The van der Waals surface area contributed by atoms with Gasteiger partial charge in [0.25, 0.3) is 5.91 Å². The lowest BCUT2D eigenvalue weighted by Gasteiger charge is -2.36. The van der Waals surface area contributed by atoms with Crippen LogP contribution in [-0.4, -0.2) is 48.3 Å². The summed E-state index contributed by atoms with van der Waals surface area (Å²) in [5.41, 5.74) is 3.50. The molecule has 1 saturated heterocycles. The number of carbonyl (C=O) groups is 1. The second kappa shape index (κ2) is 8.96. The van der Waals surface area contributed by atoms with Gasteiger partial charge < -0.3 is 14.5 Å². The highest BCUT2D eigenvalue weighted by atomic mass is 32.2. The summed E-state index contributed by atoms with van der Waals surface area (Å²) < 4.78 is 5.68. The maximum atomic E-state index is 12.4. The molecule has 156 valence electrons. The van der Waals surface area contributed by atoms with Crippen LogP contribution in [0.3, 0.4) is 0 Å². The Balaban J connectivity index is 1.36. The molecule has 1 amide bonds. The van der Waals surface area contributed by atoms with E-state index in [4.69, 9.17) is 4.74 Å². The number of amides is 1. The SMILES string of the molecule is Cc1ccc(N2CCN(C3=NC(=O)C(=Cc4ccc(OC(C)C)cc4)S3)CC2)cc1. The minimum Gasteiger partial charge on any atom is -0.491 e. The summed E-state index contributed by atoms with van der Waals surface area (Å²) in [6.45, 7) is 9.68. The average molecular weight is 422 g/mol. The number of amidine groups is 1. The highest BCUT2D eigenvalue weighted by molar-refractivity contribution is 8.18. The number of carbonyl (C=O) groups excluding carboxylic acids is 1. The van der Waals surface area contributed by atoms with Crippen LogP contribution in [0.4, 0.5) is 5.69 Å². The number of hydrogen-bond acceptors (Lipinski definition) is 5. The summed E-state index contributed by atoms with van der Waals surface area (Å²) in [6, 6.07) is 16.5. The van der Waals surface area contributed by atoms with Gasteiger partial charge >= 0.3 is 0 Å². The van der Waals surface area contributed by atoms with Gasteiger partial charge in [-0.1, -0.05) is 29.8 Å². The van der Waals surface area contributed by atoms with Gasteiger partial charge in [0, 0.05) is 31.9 Å². The van der Waals surface area contributed by atoms with E-state index in [2.05, 4.69) is 46.0 Å². The molecular weight excluding hydrogens is 394 g/mol. The highest BCUT2D eigenvalue weighted by Gasteiger charge is 2.28. The second-order valence-electron chi connectivity index (χ2n) is 7.86.